The predicted octanol–water partition coefficient (Wildman–Crippen LogP) is 3.98. The molecule has 0 aromatic heterocycles. The number of alkyl halides is 2. The van der Waals surface area contributed by atoms with Crippen molar-refractivity contribution in [2.24, 2.45) is 11.8 Å². The summed E-state index contributed by atoms with van der Waals surface area (Å²) in [6.45, 7) is -0.208. The van der Waals surface area contributed by atoms with Crippen molar-refractivity contribution >= 4 is 61.0 Å². The zero-order chi connectivity index (χ0) is 25.4. The Bertz CT molecular complexity index is 1180. The van der Waals surface area contributed by atoms with E-state index in [0.29, 0.717) is 18.4 Å². The Morgan fingerprint density at radius 3 is 1.71 bits per heavy atom. The van der Waals surface area contributed by atoms with E-state index in [1.807, 2.05) is 0 Å². The average molecular weight is 610 g/mol. The topological polar surface area (TPSA) is 144 Å². The molecule has 0 N–H and O–H groups in total. The van der Waals surface area contributed by atoms with Crippen LogP contribution in [0.1, 0.15) is 28.8 Å². The molecule has 1 saturated heterocycles. The van der Waals surface area contributed by atoms with Crippen LogP contribution >= 0.6 is 31.9 Å². The minimum atomic E-state index is -0.704. The molecule has 1 heterocycles. The highest BCUT2D eigenvalue weighted by molar-refractivity contribution is 9.12. The molecule has 1 aliphatic carbocycles. The van der Waals surface area contributed by atoms with Crippen LogP contribution in [0, 0.1) is 32.1 Å². The van der Waals surface area contributed by atoms with Crippen molar-refractivity contribution in [3.05, 3.63) is 79.9 Å². The van der Waals surface area contributed by atoms with E-state index >= 15 is 0 Å². The molecule has 0 bridgehead atoms. The predicted molar refractivity (Wildman–Crippen MR) is 130 cm³/mol. The maximum atomic E-state index is 13.5. The van der Waals surface area contributed by atoms with Crippen LogP contribution in [0.4, 0.5) is 11.4 Å². The summed E-state index contributed by atoms with van der Waals surface area (Å²) in [5, 5.41) is 23.8. The first kappa shape index (κ1) is 24.9. The van der Waals surface area contributed by atoms with Crippen LogP contribution < -0.4 is 0 Å². The smallest absolute Gasteiger partial charge is 0.272 e. The monoisotopic (exact) mass is 608 g/mol. The molecule has 182 valence electrons. The Morgan fingerprint density at radius 1 is 0.857 bits per heavy atom. The quantitative estimate of drug-likeness (QED) is 0.208. The van der Waals surface area contributed by atoms with E-state index < -0.39 is 39.4 Å². The first-order valence-corrected chi connectivity index (χ1v) is 12.4. The fraction of sp³-hybridized carbons (Fsp3) is 0.318. The first-order chi connectivity index (χ1) is 16.6. The number of halogens is 2. The average Bonchev–Trinajstić information content (AvgIpc) is 3.06. The third-order valence-electron chi connectivity index (χ3n) is 6.17. The molecule has 11 nitrogen and oxygen atoms in total. The van der Waals surface area contributed by atoms with Crippen molar-refractivity contribution in [1.29, 1.82) is 0 Å². The third-order valence-corrected chi connectivity index (χ3v) is 8.90. The van der Waals surface area contributed by atoms with Crippen molar-refractivity contribution in [3.8, 4) is 0 Å². The minimum Gasteiger partial charge on any atom is -0.272 e. The molecular weight excluding hydrogens is 592 g/mol. The van der Waals surface area contributed by atoms with Crippen molar-refractivity contribution in [2.75, 3.05) is 0 Å². The summed E-state index contributed by atoms with van der Waals surface area (Å²) in [6, 6.07) is 10.2. The molecular formula is C22H18Br2N4O7. The number of carbonyl (C=O) groups is 3. The van der Waals surface area contributed by atoms with E-state index in [-0.39, 0.29) is 33.1 Å². The molecule has 4 atom stereocenters. The van der Waals surface area contributed by atoms with Crippen LogP contribution in [0.5, 0.6) is 0 Å². The number of non-ortho nitro benzene ring substituents is 2. The number of carbonyl (C=O) groups excluding carboxylic acids is 3. The van der Waals surface area contributed by atoms with Crippen molar-refractivity contribution in [1.82, 2.24) is 10.0 Å². The highest BCUT2D eigenvalue weighted by atomic mass is 79.9. The number of imide groups is 1. The van der Waals surface area contributed by atoms with Crippen molar-refractivity contribution in [3.63, 3.8) is 0 Å². The summed E-state index contributed by atoms with van der Waals surface area (Å²) in [7, 11) is 0. The van der Waals surface area contributed by atoms with Gasteiger partial charge in [-0.1, -0.05) is 44.0 Å². The minimum absolute atomic E-state index is 0.0195. The van der Waals surface area contributed by atoms with E-state index in [1.54, 1.807) is 0 Å². The number of hydrogen-bond donors (Lipinski definition) is 0. The largest absolute Gasteiger partial charge is 0.273 e. The van der Waals surface area contributed by atoms with Gasteiger partial charge in [0.15, 0.2) is 0 Å². The Kier molecular flexibility index (Phi) is 6.99. The van der Waals surface area contributed by atoms with E-state index in [0.717, 1.165) is 22.2 Å². The van der Waals surface area contributed by atoms with Gasteiger partial charge in [-0.25, -0.2) is 5.01 Å². The summed E-state index contributed by atoms with van der Waals surface area (Å²) >= 11 is 7.06. The second kappa shape index (κ2) is 9.82. The molecule has 1 aliphatic heterocycles. The van der Waals surface area contributed by atoms with Crippen LogP contribution in [0.25, 0.3) is 0 Å². The van der Waals surface area contributed by atoms with Crippen LogP contribution in [-0.4, -0.2) is 47.2 Å². The van der Waals surface area contributed by atoms with E-state index in [2.05, 4.69) is 31.9 Å². The Labute approximate surface area is 215 Å². The molecule has 0 spiro atoms. The van der Waals surface area contributed by atoms with E-state index in [4.69, 9.17) is 0 Å². The third kappa shape index (κ3) is 4.82. The van der Waals surface area contributed by atoms with Gasteiger partial charge in [-0.15, -0.1) is 0 Å². The lowest BCUT2D eigenvalue weighted by Gasteiger charge is -2.30. The molecule has 3 amide bonds. The second-order valence-corrected chi connectivity index (χ2v) is 10.6. The van der Waals surface area contributed by atoms with Gasteiger partial charge in [-0.3, -0.25) is 34.6 Å². The Hall–Kier alpha value is -3.19. The second-order valence-electron chi connectivity index (χ2n) is 8.29. The van der Waals surface area contributed by atoms with Gasteiger partial charge in [0.05, 0.1) is 28.2 Å². The number of nitro benzene ring substituents is 2. The zero-order valence-electron chi connectivity index (χ0n) is 18.0. The summed E-state index contributed by atoms with van der Waals surface area (Å²) in [5.41, 5.74) is 0.144. The summed E-state index contributed by atoms with van der Waals surface area (Å²) in [6.07, 6.45) is 0.831. The van der Waals surface area contributed by atoms with Crippen LogP contribution in [0.3, 0.4) is 0 Å². The summed E-state index contributed by atoms with van der Waals surface area (Å²) < 4.78 is 0. The lowest BCUT2D eigenvalue weighted by molar-refractivity contribution is -0.385. The number of hydrazine groups is 1. The van der Waals surface area contributed by atoms with Gasteiger partial charge in [0.25, 0.3) is 29.1 Å². The van der Waals surface area contributed by atoms with Gasteiger partial charge in [-0.2, -0.15) is 5.01 Å². The zero-order valence-corrected chi connectivity index (χ0v) is 21.1. The van der Waals surface area contributed by atoms with Gasteiger partial charge in [0.2, 0.25) is 0 Å². The normalized spacial score (nSPS) is 23.7. The van der Waals surface area contributed by atoms with Crippen LogP contribution in [-0.2, 0) is 16.1 Å². The van der Waals surface area contributed by atoms with Gasteiger partial charge < -0.3 is 0 Å². The van der Waals surface area contributed by atoms with Gasteiger partial charge in [0, 0.05) is 39.5 Å². The molecule has 1 saturated carbocycles. The van der Waals surface area contributed by atoms with Gasteiger partial charge in [-0.05, 0) is 30.5 Å². The number of rotatable bonds is 6. The maximum Gasteiger partial charge on any atom is 0.273 e. The van der Waals surface area contributed by atoms with E-state index in [1.165, 1.54) is 36.4 Å². The number of nitrogens with zero attached hydrogens (tertiary/aromatic N) is 4. The van der Waals surface area contributed by atoms with Gasteiger partial charge in [0.1, 0.15) is 0 Å². The highest BCUT2D eigenvalue weighted by Gasteiger charge is 2.54. The van der Waals surface area contributed by atoms with Gasteiger partial charge >= 0.3 is 0 Å². The standard InChI is InChI=1S/C22H18Br2N4O7/c23-18-9-16-17(10-19(18)24)22(31)26(21(16)30)25(11-12-1-5-14(6-2-12)27(32)33)20(29)13-3-7-15(8-4-13)28(34)35/h1-8,16-19H,9-11H2/t16-,17+,18+,19-. The number of amides is 3. The van der Waals surface area contributed by atoms with Crippen molar-refractivity contribution in [2.45, 2.75) is 29.0 Å². The van der Waals surface area contributed by atoms with Crippen molar-refractivity contribution < 1.29 is 24.2 Å². The molecule has 35 heavy (non-hydrogen) atoms. The number of hydrogen-bond acceptors (Lipinski definition) is 7. The highest BCUT2D eigenvalue weighted by Crippen LogP contribution is 2.44. The van der Waals surface area contributed by atoms with E-state index in [9.17, 15) is 34.6 Å². The fourth-order valence-corrected chi connectivity index (χ4v) is 5.56. The molecule has 0 unspecified atom stereocenters. The number of fused-ring (bicyclic) bond motifs is 1. The fourth-order valence-electron chi connectivity index (χ4n) is 4.32. The number of benzene rings is 2. The molecule has 2 fully saturated rings. The Morgan fingerprint density at radius 2 is 1.29 bits per heavy atom. The molecule has 2 aromatic carbocycles. The molecule has 0 radical (unpaired) electrons. The molecule has 2 aromatic rings. The SMILES string of the molecule is O=C(c1ccc([N+](=O)[O-])cc1)N(Cc1ccc([N+](=O)[O-])cc1)N1C(=O)[C@H]2C[C@@H](Br)[C@@H](Br)C[C@H]2C1=O. The molecule has 13 heteroatoms. The Balaban J connectivity index is 1.70. The molecule has 2 aliphatic rings. The number of nitro groups is 2. The van der Waals surface area contributed by atoms with Crippen LogP contribution in [0.2, 0.25) is 0 Å². The maximum absolute atomic E-state index is 13.5. The summed E-state index contributed by atoms with van der Waals surface area (Å²) in [5.74, 6) is -2.89. The summed E-state index contributed by atoms with van der Waals surface area (Å²) in [4.78, 5) is 61.0. The molecule has 4 rings (SSSR count). The lowest BCUT2D eigenvalue weighted by atomic mass is 9.81. The lowest BCUT2D eigenvalue weighted by Crippen LogP contribution is -2.49. The first-order valence-electron chi connectivity index (χ1n) is 10.5. The van der Waals surface area contributed by atoms with Crippen LogP contribution in [0.15, 0.2) is 48.5 Å².